The molecular formula is C36H20F12. The van der Waals surface area contributed by atoms with Gasteiger partial charge in [0.15, 0.2) is 0 Å². The van der Waals surface area contributed by atoms with Crippen molar-refractivity contribution >= 4 is 11.1 Å². The van der Waals surface area contributed by atoms with Gasteiger partial charge in [-0.1, -0.05) is 115 Å². The number of allylic oxidation sites excluding steroid dienone is 6. The summed E-state index contributed by atoms with van der Waals surface area (Å²) in [5.74, 6) is -3.13. The Kier molecular flexibility index (Phi) is 7.72. The average Bonchev–Trinajstić information content (AvgIpc) is 3.00. The molecule has 2 aliphatic rings. The summed E-state index contributed by atoms with van der Waals surface area (Å²) in [6, 6.07) is 19.0. The van der Waals surface area contributed by atoms with Crippen molar-refractivity contribution in [2.45, 2.75) is 36.0 Å². The molecule has 4 aromatic carbocycles. The summed E-state index contributed by atoms with van der Waals surface area (Å²) >= 11 is 0. The Morgan fingerprint density at radius 2 is 0.896 bits per heavy atom. The SMILES string of the molecule is FC(F)(F)/C(=C1C2=C(C/1=C(/c1ccccc1)C(F)(F)F)[C@](c1ccccc1)(C(F)(F)F)c1ccccc1[C@H]2C(F)(F)F)c1ccccc1. The summed E-state index contributed by atoms with van der Waals surface area (Å²) in [5.41, 5.74) is -18.3. The van der Waals surface area contributed by atoms with E-state index in [4.69, 9.17) is 0 Å². The quantitative estimate of drug-likeness (QED) is 0.189. The van der Waals surface area contributed by atoms with Crippen LogP contribution in [0.5, 0.6) is 0 Å². The minimum absolute atomic E-state index is 0.720. The molecule has 0 saturated heterocycles. The number of fused-ring (bicyclic) bond motifs is 1. The summed E-state index contributed by atoms with van der Waals surface area (Å²) in [5, 5.41) is 0. The van der Waals surface area contributed by atoms with Crippen LogP contribution in [0.3, 0.4) is 0 Å². The second kappa shape index (κ2) is 11.2. The Morgan fingerprint density at radius 3 is 1.33 bits per heavy atom. The summed E-state index contributed by atoms with van der Waals surface area (Å²) < 4.78 is 185. The van der Waals surface area contributed by atoms with Crippen molar-refractivity contribution in [3.63, 3.8) is 0 Å². The first-order valence-electron chi connectivity index (χ1n) is 14.2. The van der Waals surface area contributed by atoms with Gasteiger partial charge in [0.05, 0.1) is 11.1 Å². The van der Waals surface area contributed by atoms with Crippen molar-refractivity contribution in [3.05, 3.63) is 165 Å². The van der Waals surface area contributed by atoms with E-state index in [-0.39, 0.29) is 0 Å². The van der Waals surface area contributed by atoms with E-state index in [0.29, 0.717) is 0 Å². The van der Waals surface area contributed by atoms with Crippen molar-refractivity contribution in [2.75, 3.05) is 0 Å². The molecule has 0 aliphatic heterocycles. The summed E-state index contributed by atoms with van der Waals surface area (Å²) in [7, 11) is 0. The topological polar surface area (TPSA) is 0 Å². The van der Waals surface area contributed by atoms with Gasteiger partial charge in [-0.05, 0) is 44.5 Å². The van der Waals surface area contributed by atoms with Crippen LogP contribution in [0.15, 0.2) is 138 Å². The third kappa shape index (κ3) is 5.03. The van der Waals surface area contributed by atoms with Crippen LogP contribution in [0, 0.1) is 0 Å². The lowest BCUT2D eigenvalue weighted by Crippen LogP contribution is -2.54. The first-order valence-corrected chi connectivity index (χ1v) is 14.2. The molecule has 248 valence electrons. The Morgan fingerprint density at radius 1 is 0.479 bits per heavy atom. The number of alkyl halides is 12. The van der Waals surface area contributed by atoms with Crippen LogP contribution in [-0.4, -0.2) is 24.7 Å². The molecule has 48 heavy (non-hydrogen) atoms. The van der Waals surface area contributed by atoms with Crippen molar-refractivity contribution in [2.24, 2.45) is 0 Å². The van der Waals surface area contributed by atoms with Gasteiger partial charge in [-0.15, -0.1) is 0 Å². The third-order valence-electron chi connectivity index (χ3n) is 8.53. The van der Waals surface area contributed by atoms with E-state index in [2.05, 4.69) is 0 Å². The molecule has 0 N–H and O–H groups in total. The van der Waals surface area contributed by atoms with Gasteiger partial charge < -0.3 is 0 Å². The Balaban J connectivity index is 1.99. The van der Waals surface area contributed by atoms with Crippen molar-refractivity contribution in [3.8, 4) is 0 Å². The molecule has 0 unspecified atom stereocenters. The highest BCUT2D eigenvalue weighted by Gasteiger charge is 2.70. The normalized spacial score (nSPS) is 22.0. The van der Waals surface area contributed by atoms with Gasteiger partial charge in [0.25, 0.3) is 0 Å². The molecule has 2 atom stereocenters. The van der Waals surface area contributed by atoms with Gasteiger partial charge in [0, 0.05) is 5.57 Å². The fourth-order valence-electron chi connectivity index (χ4n) is 6.92. The lowest BCUT2D eigenvalue weighted by atomic mass is 9.49. The second-order valence-electron chi connectivity index (χ2n) is 11.2. The number of hydrogen-bond acceptors (Lipinski definition) is 0. The monoisotopic (exact) mass is 680 g/mol. The first kappa shape index (κ1) is 33.2. The summed E-state index contributed by atoms with van der Waals surface area (Å²) in [6.45, 7) is 0. The van der Waals surface area contributed by atoms with Gasteiger partial charge in [0.1, 0.15) is 11.3 Å². The van der Waals surface area contributed by atoms with E-state index in [1.165, 1.54) is 18.2 Å². The zero-order chi connectivity index (χ0) is 34.9. The summed E-state index contributed by atoms with van der Waals surface area (Å²) in [6.07, 6.45) is -22.4. The Hall–Kier alpha value is -4.74. The van der Waals surface area contributed by atoms with Gasteiger partial charge in [-0.25, -0.2) is 0 Å². The first-order chi connectivity index (χ1) is 22.4. The molecular weight excluding hydrogens is 660 g/mol. The molecule has 4 aromatic rings. The molecule has 0 bridgehead atoms. The van der Waals surface area contributed by atoms with Crippen LogP contribution in [0.4, 0.5) is 52.7 Å². The lowest BCUT2D eigenvalue weighted by Gasteiger charge is -2.53. The highest BCUT2D eigenvalue weighted by Crippen LogP contribution is 2.71. The van der Waals surface area contributed by atoms with Crippen LogP contribution >= 0.6 is 0 Å². The van der Waals surface area contributed by atoms with Crippen molar-refractivity contribution in [1.82, 2.24) is 0 Å². The summed E-state index contributed by atoms with van der Waals surface area (Å²) in [4.78, 5) is 0. The number of benzene rings is 4. The maximum absolute atomic E-state index is 16.0. The number of halogens is 12. The number of hydrogen-bond donors (Lipinski definition) is 0. The molecule has 0 aromatic heterocycles. The highest BCUT2D eigenvalue weighted by molar-refractivity contribution is 5.99. The van der Waals surface area contributed by atoms with E-state index in [9.17, 15) is 0 Å². The van der Waals surface area contributed by atoms with E-state index in [0.717, 1.165) is 97.1 Å². The fraction of sp³-hybridized carbons (Fsp3) is 0.167. The van der Waals surface area contributed by atoms with Gasteiger partial charge >= 0.3 is 24.7 Å². The number of rotatable bonds is 3. The van der Waals surface area contributed by atoms with Crippen LogP contribution in [0.2, 0.25) is 0 Å². The molecule has 0 amide bonds. The minimum atomic E-state index is -5.66. The van der Waals surface area contributed by atoms with Gasteiger partial charge in [0.2, 0.25) is 0 Å². The van der Waals surface area contributed by atoms with Gasteiger partial charge in [-0.2, -0.15) is 52.7 Å². The average molecular weight is 681 g/mol. The molecule has 12 heteroatoms. The zero-order valence-corrected chi connectivity index (χ0v) is 24.1. The second-order valence-corrected chi connectivity index (χ2v) is 11.2. The molecule has 0 nitrogen and oxygen atoms in total. The predicted molar refractivity (Wildman–Crippen MR) is 154 cm³/mol. The van der Waals surface area contributed by atoms with E-state index < -0.39 is 97.3 Å². The molecule has 2 aliphatic carbocycles. The molecule has 0 radical (unpaired) electrons. The van der Waals surface area contributed by atoms with Crippen molar-refractivity contribution in [1.29, 1.82) is 0 Å². The Labute approximate surface area is 265 Å². The van der Waals surface area contributed by atoms with E-state index in [1.54, 1.807) is 0 Å². The van der Waals surface area contributed by atoms with E-state index in [1.807, 2.05) is 0 Å². The fourth-order valence-corrected chi connectivity index (χ4v) is 6.92. The van der Waals surface area contributed by atoms with E-state index >= 15 is 52.7 Å². The molecule has 0 fully saturated rings. The maximum Gasteiger partial charge on any atom is 0.417 e. The van der Waals surface area contributed by atoms with Crippen LogP contribution in [0.1, 0.15) is 33.7 Å². The third-order valence-corrected chi connectivity index (χ3v) is 8.53. The standard InChI is InChI=1S/C36H20F12/c37-33(38,39)28(20-12-4-1-5-13-20)25-26(29(34(40,41)42)21-14-6-2-7-15-21)31-27(25)30(35(43,44)45)23-18-10-11-19-24(23)32(31,36(46,47)48)22-16-8-3-9-17-22/h1-19,30H/b28-25+,29-26-/t30-,32-/m1/s1. The molecule has 0 heterocycles. The van der Waals surface area contributed by atoms with Crippen molar-refractivity contribution < 1.29 is 52.7 Å². The maximum atomic E-state index is 16.0. The van der Waals surface area contributed by atoms with Crippen LogP contribution in [-0.2, 0) is 5.41 Å². The zero-order valence-electron chi connectivity index (χ0n) is 24.1. The molecule has 6 rings (SSSR count). The highest BCUT2D eigenvalue weighted by atomic mass is 19.4. The smallest absolute Gasteiger partial charge is 0.170 e. The molecule has 0 saturated carbocycles. The Bertz CT molecular complexity index is 1940. The lowest BCUT2D eigenvalue weighted by molar-refractivity contribution is -0.173. The molecule has 0 spiro atoms. The predicted octanol–water partition coefficient (Wildman–Crippen LogP) is 11.5. The van der Waals surface area contributed by atoms with Crippen LogP contribution < -0.4 is 0 Å². The van der Waals surface area contributed by atoms with Crippen LogP contribution in [0.25, 0.3) is 11.1 Å². The largest absolute Gasteiger partial charge is 0.417 e. The van der Waals surface area contributed by atoms with Gasteiger partial charge in [-0.3, -0.25) is 0 Å². The minimum Gasteiger partial charge on any atom is -0.170 e.